The Bertz CT molecular complexity index is 385. The average molecular weight is 207 g/mol. The van der Waals surface area contributed by atoms with Gasteiger partial charge >= 0.3 is 5.97 Å². The van der Waals surface area contributed by atoms with E-state index in [2.05, 4.69) is 6.07 Å². The van der Waals surface area contributed by atoms with Crippen LogP contribution >= 0.6 is 0 Å². The molecule has 1 aromatic carbocycles. The van der Waals surface area contributed by atoms with Crippen molar-refractivity contribution in [2.45, 2.75) is 33.2 Å². The van der Waals surface area contributed by atoms with Crippen molar-refractivity contribution in [2.75, 3.05) is 0 Å². The molecule has 0 aliphatic heterocycles. The predicted molar refractivity (Wildman–Crippen MR) is 60.0 cm³/mol. The highest BCUT2D eigenvalue weighted by atomic mass is 16.4. The van der Waals surface area contributed by atoms with E-state index in [9.17, 15) is 4.79 Å². The second-order valence-electron chi connectivity index (χ2n) is 4.01. The normalized spacial score (nSPS) is 12.5. The van der Waals surface area contributed by atoms with Gasteiger partial charge in [-0.25, -0.2) is 0 Å². The van der Waals surface area contributed by atoms with Crippen molar-refractivity contribution < 1.29 is 9.90 Å². The third kappa shape index (κ3) is 2.80. The quantitative estimate of drug-likeness (QED) is 0.790. The first-order valence-corrected chi connectivity index (χ1v) is 4.97. The summed E-state index contributed by atoms with van der Waals surface area (Å²) in [6.07, 6.45) is 0.393. The second kappa shape index (κ2) is 4.45. The Morgan fingerprint density at radius 1 is 1.40 bits per heavy atom. The van der Waals surface area contributed by atoms with Gasteiger partial charge in [0, 0.05) is 0 Å². The molecule has 0 amide bonds. The third-order valence-electron chi connectivity index (χ3n) is 2.68. The number of carboxylic acids is 1. The molecule has 3 nitrogen and oxygen atoms in total. The summed E-state index contributed by atoms with van der Waals surface area (Å²) in [5, 5.41) is 8.75. The fourth-order valence-electron chi connectivity index (χ4n) is 1.66. The van der Waals surface area contributed by atoms with Crippen LogP contribution in [0.2, 0.25) is 0 Å². The topological polar surface area (TPSA) is 63.3 Å². The largest absolute Gasteiger partial charge is 0.480 e. The summed E-state index contributed by atoms with van der Waals surface area (Å²) < 4.78 is 0. The van der Waals surface area contributed by atoms with Crippen LogP contribution in [0.15, 0.2) is 12.1 Å². The number of hydrogen-bond acceptors (Lipinski definition) is 2. The van der Waals surface area contributed by atoms with Crippen molar-refractivity contribution in [1.29, 1.82) is 0 Å². The molecule has 1 atom stereocenters. The Labute approximate surface area is 89.9 Å². The van der Waals surface area contributed by atoms with Crippen molar-refractivity contribution in [3.63, 3.8) is 0 Å². The van der Waals surface area contributed by atoms with Gasteiger partial charge in [0.25, 0.3) is 0 Å². The van der Waals surface area contributed by atoms with Crippen LogP contribution in [0.4, 0.5) is 0 Å². The first-order chi connectivity index (χ1) is 6.91. The van der Waals surface area contributed by atoms with E-state index >= 15 is 0 Å². The minimum Gasteiger partial charge on any atom is -0.480 e. The van der Waals surface area contributed by atoms with Crippen LogP contribution < -0.4 is 5.73 Å². The van der Waals surface area contributed by atoms with Gasteiger partial charge in [-0.2, -0.15) is 0 Å². The lowest BCUT2D eigenvalue weighted by atomic mass is 9.95. The third-order valence-corrected chi connectivity index (χ3v) is 2.68. The molecular formula is C12H17NO2. The second-order valence-corrected chi connectivity index (χ2v) is 4.01. The van der Waals surface area contributed by atoms with Crippen LogP contribution in [0.5, 0.6) is 0 Å². The molecule has 0 spiro atoms. The number of benzene rings is 1. The molecule has 0 aliphatic carbocycles. The first kappa shape index (κ1) is 11.7. The molecule has 3 heteroatoms. The molecule has 1 aromatic rings. The molecule has 1 unspecified atom stereocenters. The lowest BCUT2D eigenvalue weighted by molar-refractivity contribution is -0.138. The van der Waals surface area contributed by atoms with Gasteiger partial charge in [0.05, 0.1) is 0 Å². The fourth-order valence-corrected chi connectivity index (χ4v) is 1.66. The zero-order valence-electron chi connectivity index (χ0n) is 9.37. The summed E-state index contributed by atoms with van der Waals surface area (Å²) in [5.74, 6) is -0.950. The van der Waals surface area contributed by atoms with Gasteiger partial charge in [-0.15, -0.1) is 0 Å². The van der Waals surface area contributed by atoms with Gasteiger partial charge in [-0.3, -0.25) is 4.79 Å². The molecule has 0 bridgehead atoms. The molecule has 0 radical (unpaired) electrons. The maximum Gasteiger partial charge on any atom is 0.320 e. The van der Waals surface area contributed by atoms with Gasteiger partial charge in [-0.05, 0) is 43.9 Å². The van der Waals surface area contributed by atoms with Gasteiger partial charge in [-0.1, -0.05) is 17.7 Å². The Morgan fingerprint density at radius 2 is 2.00 bits per heavy atom. The zero-order valence-corrected chi connectivity index (χ0v) is 9.37. The van der Waals surface area contributed by atoms with Gasteiger partial charge in [0.1, 0.15) is 6.04 Å². The number of aryl methyl sites for hydroxylation is 2. The van der Waals surface area contributed by atoms with Crippen LogP contribution in [0.3, 0.4) is 0 Å². The standard InChI is InChI=1S/C12H17NO2/c1-7-4-8(2)9(3)10(5-7)6-11(13)12(14)15/h4-5,11H,6,13H2,1-3H3,(H,14,15). The van der Waals surface area contributed by atoms with E-state index in [1.165, 1.54) is 5.56 Å². The molecule has 0 fully saturated rings. The Morgan fingerprint density at radius 3 is 2.53 bits per heavy atom. The minimum absolute atomic E-state index is 0.393. The van der Waals surface area contributed by atoms with Crippen LogP contribution in [0.25, 0.3) is 0 Å². The van der Waals surface area contributed by atoms with E-state index in [0.29, 0.717) is 6.42 Å². The SMILES string of the molecule is Cc1cc(C)c(C)c(CC(N)C(=O)O)c1. The monoisotopic (exact) mass is 207 g/mol. The van der Waals surface area contributed by atoms with Crippen molar-refractivity contribution >= 4 is 5.97 Å². The van der Waals surface area contributed by atoms with E-state index in [0.717, 1.165) is 16.7 Å². The maximum absolute atomic E-state index is 10.7. The fraction of sp³-hybridized carbons (Fsp3) is 0.417. The van der Waals surface area contributed by atoms with Crippen molar-refractivity contribution in [3.8, 4) is 0 Å². The number of carbonyl (C=O) groups is 1. The van der Waals surface area contributed by atoms with E-state index in [4.69, 9.17) is 10.8 Å². The van der Waals surface area contributed by atoms with Gasteiger partial charge < -0.3 is 10.8 Å². The first-order valence-electron chi connectivity index (χ1n) is 4.97. The Hall–Kier alpha value is -1.35. The molecule has 0 aromatic heterocycles. The summed E-state index contributed by atoms with van der Waals surface area (Å²) in [6, 6.07) is 3.28. The molecular weight excluding hydrogens is 190 g/mol. The summed E-state index contributed by atoms with van der Waals surface area (Å²) >= 11 is 0. The van der Waals surface area contributed by atoms with E-state index in [1.807, 2.05) is 26.8 Å². The van der Waals surface area contributed by atoms with Crippen LogP contribution in [0.1, 0.15) is 22.3 Å². The molecule has 1 rings (SSSR count). The molecule has 0 heterocycles. The Kier molecular flexibility index (Phi) is 3.48. The van der Waals surface area contributed by atoms with Crippen LogP contribution in [-0.4, -0.2) is 17.1 Å². The molecule has 15 heavy (non-hydrogen) atoms. The van der Waals surface area contributed by atoms with E-state index < -0.39 is 12.0 Å². The molecule has 82 valence electrons. The summed E-state index contributed by atoms with van der Waals surface area (Å²) in [7, 11) is 0. The zero-order chi connectivity index (χ0) is 11.6. The number of nitrogens with two attached hydrogens (primary N) is 1. The van der Waals surface area contributed by atoms with Crippen molar-refractivity contribution in [1.82, 2.24) is 0 Å². The number of hydrogen-bond donors (Lipinski definition) is 2. The molecule has 0 saturated heterocycles. The summed E-state index contributed by atoms with van der Waals surface area (Å²) in [6.45, 7) is 6.03. The lowest BCUT2D eigenvalue weighted by Crippen LogP contribution is -2.32. The smallest absolute Gasteiger partial charge is 0.320 e. The van der Waals surface area contributed by atoms with Crippen LogP contribution in [0, 0.1) is 20.8 Å². The van der Waals surface area contributed by atoms with E-state index in [-0.39, 0.29) is 0 Å². The molecule has 0 aliphatic rings. The lowest BCUT2D eigenvalue weighted by Gasteiger charge is -2.12. The molecule has 0 saturated carbocycles. The van der Waals surface area contributed by atoms with Gasteiger partial charge in [0.15, 0.2) is 0 Å². The number of rotatable bonds is 3. The Balaban J connectivity index is 2.99. The highest BCUT2D eigenvalue weighted by Crippen LogP contribution is 2.17. The molecule has 3 N–H and O–H groups in total. The minimum atomic E-state index is -0.950. The maximum atomic E-state index is 10.7. The number of aliphatic carboxylic acids is 1. The highest BCUT2D eigenvalue weighted by Gasteiger charge is 2.14. The van der Waals surface area contributed by atoms with Crippen molar-refractivity contribution in [3.05, 3.63) is 34.4 Å². The highest BCUT2D eigenvalue weighted by molar-refractivity contribution is 5.73. The van der Waals surface area contributed by atoms with Gasteiger partial charge in [0.2, 0.25) is 0 Å². The van der Waals surface area contributed by atoms with Crippen molar-refractivity contribution in [2.24, 2.45) is 5.73 Å². The van der Waals surface area contributed by atoms with Crippen LogP contribution in [-0.2, 0) is 11.2 Å². The summed E-state index contributed by atoms with van der Waals surface area (Å²) in [4.78, 5) is 10.7. The summed E-state index contributed by atoms with van der Waals surface area (Å²) in [5.41, 5.74) is 10.0. The van der Waals surface area contributed by atoms with E-state index in [1.54, 1.807) is 0 Å². The average Bonchev–Trinajstić information content (AvgIpc) is 2.13. The predicted octanol–water partition coefficient (Wildman–Crippen LogP) is 1.57. The number of carboxylic acid groups (broad SMARTS) is 1.